The number of rotatable bonds is 5. The van der Waals surface area contributed by atoms with Crippen molar-refractivity contribution >= 4 is 41.5 Å². The first kappa shape index (κ1) is 21.2. The van der Waals surface area contributed by atoms with Gasteiger partial charge in [-0.3, -0.25) is 14.5 Å². The maximum absolute atomic E-state index is 11.5. The number of aromatic nitrogens is 2. The zero-order chi connectivity index (χ0) is 18.7. The van der Waals surface area contributed by atoms with E-state index in [1.807, 2.05) is 16.8 Å². The predicted octanol–water partition coefficient (Wildman–Crippen LogP) is 2.71. The third-order valence-corrected chi connectivity index (χ3v) is 4.79. The number of nitrogens with zero attached hydrogens (tertiary/aromatic N) is 3. The minimum Gasteiger partial charge on any atom is -0.370 e. The Morgan fingerprint density at radius 2 is 2.19 bits per heavy atom. The summed E-state index contributed by atoms with van der Waals surface area (Å²) in [5.41, 5.74) is 15.1. The van der Waals surface area contributed by atoms with Crippen LogP contribution in [0.4, 0.5) is 5.69 Å². The third kappa shape index (κ3) is 5.21. The molecule has 7 nitrogen and oxygen atoms in total. The lowest BCUT2D eigenvalue weighted by Crippen LogP contribution is -2.27. The van der Waals surface area contributed by atoms with Gasteiger partial charge in [-0.05, 0) is 42.4 Å². The topological polar surface area (TPSA) is 111 Å². The van der Waals surface area contributed by atoms with Gasteiger partial charge >= 0.3 is 0 Å². The van der Waals surface area contributed by atoms with E-state index in [0.29, 0.717) is 29.9 Å². The highest BCUT2D eigenvalue weighted by atomic mass is 127. The molecule has 0 saturated heterocycles. The van der Waals surface area contributed by atoms with Crippen LogP contribution in [0.25, 0.3) is 0 Å². The number of primary amides is 1. The molecule has 2 aromatic rings. The Balaban J connectivity index is 0.00000261. The van der Waals surface area contributed by atoms with Gasteiger partial charge in [0.05, 0.1) is 17.5 Å². The van der Waals surface area contributed by atoms with Crippen molar-refractivity contribution in [1.29, 1.82) is 0 Å². The first-order valence-electron chi connectivity index (χ1n) is 8.95. The van der Waals surface area contributed by atoms with Gasteiger partial charge in [0.15, 0.2) is 5.96 Å². The van der Waals surface area contributed by atoms with Gasteiger partial charge in [0.1, 0.15) is 0 Å². The highest BCUT2D eigenvalue weighted by Crippen LogP contribution is 2.23. The quantitative estimate of drug-likeness (QED) is 0.346. The molecule has 1 atom stereocenters. The summed E-state index contributed by atoms with van der Waals surface area (Å²) < 4.78 is 1.86. The van der Waals surface area contributed by atoms with Crippen LogP contribution in [0.1, 0.15) is 47.8 Å². The number of carbonyl (C=O) groups excluding carboxylic acids is 1. The van der Waals surface area contributed by atoms with Gasteiger partial charge in [0, 0.05) is 18.8 Å². The van der Waals surface area contributed by atoms with Gasteiger partial charge in [0.25, 0.3) is 5.91 Å². The molecule has 2 heterocycles. The molecule has 27 heavy (non-hydrogen) atoms. The van der Waals surface area contributed by atoms with E-state index in [1.165, 1.54) is 5.56 Å². The van der Waals surface area contributed by atoms with Crippen LogP contribution in [0.5, 0.6) is 0 Å². The molecule has 1 aliphatic heterocycles. The van der Waals surface area contributed by atoms with Crippen molar-refractivity contribution in [2.75, 3.05) is 11.9 Å². The van der Waals surface area contributed by atoms with Gasteiger partial charge in [-0.25, -0.2) is 0 Å². The average Bonchev–Trinajstić information content (AvgIpc) is 3.03. The number of aryl methyl sites for hydroxylation is 1. The number of fused-ring (bicyclic) bond motifs is 1. The van der Waals surface area contributed by atoms with E-state index in [2.05, 4.69) is 41.4 Å². The van der Waals surface area contributed by atoms with Crippen LogP contribution in [-0.4, -0.2) is 28.2 Å². The average molecular weight is 482 g/mol. The molecule has 0 saturated carbocycles. The number of amides is 1. The number of benzene rings is 1. The summed E-state index contributed by atoms with van der Waals surface area (Å²) in [6, 6.07) is 8.18. The second-order valence-electron chi connectivity index (χ2n) is 7.08. The Kier molecular flexibility index (Phi) is 7.23. The molecular weight excluding hydrogens is 455 g/mol. The SMILES string of the molecule is CC(C)c1cccc(NC(N)=NCC2CCn3ncc(C(N)=O)c3C2)c1.I. The number of guanidine groups is 1. The van der Waals surface area contributed by atoms with Crippen molar-refractivity contribution in [3.8, 4) is 0 Å². The van der Waals surface area contributed by atoms with Crippen LogP contribution in [0, 0.1) is 5.92 Å². The van der Waals surface area contributed by atoms with Crippen molar-refractivity contribution in [1.82, 2.24) is 9.78 Å². The molecule has 1 aromatic heterocycles. The smallest absolute Gasteiger partial charge is 0.252 e. The first-order valence-corrected chi connectivity index (χ1v) is 8.95. The summed E-state index contributed by atoms with van der Waals surface area (Å²) in [5, 5.41) is 7.39. The minimum absolute atomic E-state index is 0. The lowest BCUT2D eigenvalue weighted by atomic mass is 9.94. The molecule has 0 bridgehead atoms. The van der Waals surface area contributed by atoms with Crippen molar-refractivity contribution in [2.45, 2.75) is 39.2 Å². The maximum Gasteiger partial charge on any atom is 0.252 e. The van der Waals surface area contributed by atoms with Crippen LogP contribution >= 0.6 is 24.0 Å². The molecule has 0 spiro atoms. The predicted molar refractivity (Wildman–Crippen MR) is 119 cm³/mol. The van der Waals surface area contributed by atoms with Gasteiger partial charge in [-0.1, -0.05) is 26.0 Å². The molecular formula is C19H27IN6O. The third-order valence-electron chi connectivity index (χ3n) is 4.79. The molecule has 3 rings (SSSR count). The molecule has 0 radical (unpaired) electrons. The van der Waals surface area contributed by atoms with Gasteiger partial charge in [0.2, 0.25) is 0 Å². The summed E-state index contributed by atoms with van der Waals surface area (Å²) in [4.78, 5) is 16.0. The van der Waals surface area contributed by atoms with Gasteiger partial charge < -0.3 is 16.8 Å². The molecule has 1 aliphatic rings. The highest BCUT2D eigenvalue weighted by molar-refractivity contribution is 14.0. The Bertz CT molecular complexity index is 829. The molecule has 146 valence electrons. The summed E-state index contributed by atoms with van der Waals surface area (Å²) >= 11 is 0. The standard InChI is InChI=1S/C19H26N6O.HI/c1-12(2)14-4-3-5-15(9-14)24-19(21)22-10-13-6-7-25-17(8-13)16(11-23-25)18(20)26;/h3-5,9,11-13H,6-8,10H2,1-2H3,(H2,20,26)(H3,21,22,24);1H. The van der Waals surface area contributed by atoms with E-state index < -0.39 is 5.91 Å². The molecule has 5 N–H and O–H groups in total. The number of hydrogen-bond donors (Lipinski definition) is 3. The van der Waals surface area contributed by atoms with Crippen molar-refractivity contribution in [3.05, 3.63) is 47.3 Å². The van der Waals surface area contributed by atoms with E-state index in [9.17, 15) is 4.79 Å². The Labute approximate surface area is 176 Å². The van der Waals surface area contributed by atoms with E-state index in [-0.39, 0.29) is 24.0 Å². The van der Waals surface area contributed by atoms with Crippen LogP contribution in [0.15, 0.2) is 35.5 Å². The Hall–Kier alpha value is -2.10. The fourth-order valence-electron chi connectivity index (χ4n) is 3.25. The largest absolute Gasteiger partial charge is 0.370 e. The summed E-state index contributed by atoms with van der Waals surface area (Å²) in [6.45, 7) is 5.69. The second kappa shape index (κ2) is 9.20. The van der Waals surface area contributed by atoms with Crippen LogP contribution < -0.4 is 16.8 Å². The molecule has 1 amide bonds. The summed E-state index contributed by atoms with van der Waals surface area (Å²) in [5.74, 6) is 0.753. The number of carbonyl (C=O) groups is 1. The zero-order valence-electron chi connectivity index (χ0n) is 15.7. The highest BCUT2D eigenvalue weighted by Gasteiger charge is 2.24. The van der Waals surface area contributed by atoms with E-state index in [1.54, 1.807) is 6.20 Å². The van der Waals surface area contributed by atoms with Crippen LogP contribution in [-0.2, 0) is 13.0 Å². The maximum atomic E-state index is 11.5. The molecule has 1 aromatic carbocycles. The lowest BCUT2D eigenvalue weighted by Gasteiger charge is -2.22. The molecule has 0 aliphatic carbocycles. The Morgan fingerprint density at radius 3 is 2.89 bits per heavy atom. The fraction of sp³-hybridized carbons (Fsp3) is 0.421. The first-order chi connectivity index (χ1) is 12.4. The van der Waals surface area contributed by atoms with E-state index >= 15 is 0 Å². The van der Waals surface area contributed by atoms with E-state index in [4.69, 9.17) is 11.5 Å². The van der Waals surface area contributed by atoms with Crippen molar-refractivity contribution in [2.24, 2.45) is 22.4 Å². The van der Waals surface area contributed by atoms with Crippen molar-refractivity contribution < 1.29 is 4.79 Å². The number of halogens is 1. The number of nitrogens with two attached hydrogens (primary N) is 2. The molecule has 0 fully saturated rings. The second-order valence-corrected chi connectivity index (χ2v) is 7.08. The minimum atomic E-state index is -0.429. The van der Waals surface area contributed by atoms with E-state index in [0.717, 1.165) is 30.8 Å². The molecule has 1 unspecified atom stereocenters. The number of aliphatic imine (C=N–C) groups is 1. The number of nitrogens with one attached hydrogen (secondary N) is 1. The normalized spacial score (nSPS) is 16.6. The monoisotopic (exact) mass is 482 g/mol. The van der Waals surface area contributed by atoms with Crippen LogP contribution in [0.3, 0.4) is 0 Å². The molecule has 8 heteroatoms. The van der Waals surface area contributed by atoms with Crippen LogP contribution in [0.2, 0.25) is 0 Å². The summed E-state index contributed by atoms with van der Waals surface area (Å²) in [6.07, 6.45) is 3.24. The fourth-order valence-corrected chi connectivity index (χ4v) is 3.25. The summed E-state index contributed by atoms with van der Waals surface area (Å²) in [7, 11) is 0. The number of anilines is 1. The zero-order valence-corrected chi connectivity index (χ0v) is 18.0. The van der Waals surface area contributed by atoms with Crippen molar-refractivity contribution in [3.63, 3.8) is 0 Å². The van der Waals surface area contributed by atoms with Gasteiger partial charge in [-0.2, -0.15) is 5.10 Å². The number of hydrogen-bond acceptors (Lipinski definition) is 3. The van der Waals surface area contributed by atoms with Gasteiger partial charge in [-0.15, -0.1) is 24.0 Å². The lowest BCUT2D eigenvalue weighted by molar-refractivity contribution is 0.0998. The Morgan fingerprint density at radius 1 is 1.41 bits per heavy atom.